The molecule has 3 nitrogen and oxygen atoms in total. The van der Waals surface area contributed by atoms with Crippen molar-refractivity contribution in [2.45, 2.75) is 13.3 Å². The van der Waals surface area contributed by atoms with Crippen LogP contribution in [0.15, 0.2) is 27.1 Å². The molecule has 0 saturated heterocycles. The summed E-state index contributed by atoms with van der Waals surface area (Å²) in [5, 5.41) is 3.15. The monoisotopic (exact) mass is 349 g/mol. The second-order valence-electron chi connectivity index (χ2n) is 3.11. The zero-order valence-corrected chi connectivity index (χ0v) is 12.1. The van der Waals surface area contributed by atoms with Crippen molar-refractivity contribution in [3.8, 4) is 0 Å². The Morgan fingerprint density at radius 2 is 2.12 bits per heavy atom. The van der Waals surface area contributed by atoms with Crippen LogP contribution in [-0.4, -0.2) is 19.1 Å². The van der Waals surface area contributed by atoms with Gasteiger partial charge in [-0.15, -0.1) is 0 Å². The summed E-state index contributed by atoms with van der Waals surface area (Å²) in [5.74, 6) is -0.175. The van der Waals surface area contributed by atoms with Crippen molar-refractivity contribution in [3.63, 3.8) is 0 Å². The van der Waals surface area contributed by atoms with Crippen molar-refractivity contribution < 1.29 is 9.53 Å². The van der Waals surface area contributed by atoms with E-state index in [0.29, 0.717) is 19.6 Å². The zero-order valence-electron chi connectivity index (χ0n) is 8.93. The van der Waals surface area contributed by atoms with Gasteiger partial charge in [0.25, 0.3) is 0 Å². The SMILES string of the molecule is CCOC(=O)CCNc1ccc(Br)c(Br)c1. The van der Waals surface area contributed by atoms with Gasteiger partial charge in [-0.3, -0.25) is 4.79 Å². The number of ether oxygens (including phenoxy) is 1. The van der Waals surface area contributed by atoms with E-state index in [9.17, 15) is 4.79 Å². The van der Waals surface area contributed by atoms with Gasteiger partial charge in [0.15, 0.2) is 0 Å². The first kappa shape index (κ1) is 13.5. The van der Waals surface area contributed by atoms with Crippen LogP contribution < -0.4 is 5.32 Å². The fourth-order valence-electron chi connectivity index (χ4n) is 1.15. The highest BCUT2D eigenvalue weighted by molar-refractivity contribution is 9.13. The molecule has 0 aliphatic heterocycles. The Kier molecular flexibility index (Phi) is 5.84. The fourth-order valence-corrected chi connectivity index (χ4v) is 1.77. The second-order valence-corrected chi connectivity index (χ2v) is 4.82. The van der Waals surface area contributed by atoms with Crippen LogP contribution in [0.1, 0.15) is 13.3 Å². The largest absolute Gasteiger partial charge is 0.466 e. The predicted octanol–water partition coefficient (Wildman–Crippen LogP) is 3.58. The van der Waals surface area contributed by atoms with Crippen molar-refractivity contribution in [2.75, 3.05) is 18.5 Å². The van der Waals surface area contributed by atoms with Crippen LogP contribution in [0.5, 0.6) is 0 Å². The Hall–Kier alpha value is -0.550. The molecule has 0 atom stereocenters. The van der Waals surface area contributed by atoms with Gasteiger partial charge >= 0.3 is 5.97 Å². The first-order valence-electron chi connectivity index (χ1n) is 4.98. The number of anilines is 1. The maximum atomic E-state index is 11.1. The van der Waals surface area contributed by atoms with E-state index in [1.807, 2.05) is 18.2 Å². The van der Waals surface area contributed by atoms with Gasteiger partial charge in [0, 0.05) is 21.2 Å². The summed E-state index contributed by atoms with van der Waals surface area (Å²) in [6.07, 6.45) is 0.377. The van der Waals surface area contributed by atoms with E-state index in [0.717, 1.165) is 14.6 Å². The van der Waals surface area contributed by atoms with E-state index in [2.05, 4.69) is 37.2 Å². The Morgan fingerprint density at radius 3 is 2.75 bits per heavy atom. The molecule has 1 aromatic carbocycles. The Morgan fingerprint density at radius 1 is 1.38 bits per heavy atom. The lowest BCUT2D eigenvalue weighted by atomic mass is 10.3. The summed E-state index contributed by atoms with van der Waals surface area (Å²) in [6.45, 7) is 2.81. The summed E-state index contributed by atoms with van der Waals surface area (Å²) in [7, 11) is 0. The van der Waals surface area contributed by atoms with Gasteiger partial charge in [0.2, 0.25) is 0 Å². The number of hydrogen-bond acceptors (Lipinski definition) is 3. The molecule has 5 heteroatoms. The zero-order chi connectivity index (χ0) is 12.0. The van der Waals surface area contributed by atoms with Gasteiger partial charge in [-0.25, -0.2) is 0 Å². The molecule has 0 aliphatic rings. The van der Waals surface area contributed by atoms with E-state index in [1.54, 1.807) is 6.92 Å². The quantitative estimate of drug-likeness (QED) is 0.825. The average molecular weight is 351 g/mol. The van der Waals surface area contributed by atoms with E-state index in [1.165, 1.54) is 0 Å². The summed E-state index contributed by atoms with van der Waals surface area (Å²) in [5.41, 5.74) is 0.972. The van der Waals surface area contributed by atoms with E-state index >= 15 is 0 Å². The van der Waals surface area contributed by atoms with Crippen LogP contribution in [0.3, 0.4) is 0 Å². The summed E-state index contributed by atoms with van der Waals surface area (Å²) >= 11 is 6.81. The first-order valence-corrected chi connectivity index (χ1v) is 6.56. The highest BCUT2D eigenvalue weighted by Crippen LogP contribution is 2.25. The lowest BCUT2D eigenvalue weighted by Crippen LogP contribution is -2.11. The minimum absolute atomic E-state index is 0.175. The molecule has 1 aromatic rings. The van der Waals surface area contributed by atoms with Gasteiger partial charge < -0.3 is 10.1 Å². The molecule has 0 heterocycles. The third-order valence-electron chi connectivity index (χ3n) is 1.88. The molecular formula is C11H13Br2NO2. The van der Waals surface area contributed by atoms with Crippen molar-refractivity contribution in [1.82, 2.24) is 0 Å². The van der Waals surface area contributed by atoms with E-state index in [4.69, 9.17) is 4.74 Å². The Labute approximate surface area is 112 Å². The van der Waals surface area contributed by atoms with Crippen LogP contribution in [-0.2, 0) is 9.53 Å². The van der Waals surface area contributed by atoms with Gasteiger partial charge in [-0.1, -0.05) is 0 Å². The lowest BCUT2D eigenvalue weighted by molar-refractivity contribution is -0.142. The van der Waals surface area contributed by atoms with Crippen LogP contribution in [0.25, 0.3) is 0 Å². The predicted molar refractivity (Wildman–Crippen MR) is 71.6 cm³/mol. The number of esters is 1. The standard InChI is InChI=1S/C11H13Br2NO2/c1-2-16-11(15)5-6-14-8-3-4-9(12)10(13)7-8/h3-4,7,14H,2,5-6H2,1H3. The van der Waals surface area contributed by atoms with Crippen LogP contribution in [0, 0.1) is 0 Å². The van der Waals surface area contributed by atoms with Gasteiger partial charge in [-0.2, -0.15) is 0 Å². The number of benzene rings is 1. The normalized spacial score (nSPS) is 9.94. The van der Waals surface area contributed by atoms with E-state index in [-0.39, 0.29) is 5.97 Å². The molecule has 0 bridgehead atoms. The third kappa shape index (κ3) is 4.53. The van der Waals surface area contributed by atoms with Crippen LogP contribution in [0.4, 0.5) is 5.69 Å². The molecule has 16 heavy (non-hydrogen) atoms. The molecule has 1 rings (SSSR count). The maximum absolute atomic E-state index is 11.1. The molecule has 0 spiro atoms. The van der Waals surface area contributed by atoms with Gasteiger partial charge in [0.05, 0.1) is 13.0 Å². The molecule has 88 valence electrons. The number of hydrogen-bond donors (Lipinski definition) is 1. The number of carbonyl (C=O) groups is 1. The summed E-state index contributed by atoms with van der Waals surface area (Å²) in [4.78, 5) is 11.1. The number of carbonyl (C=O) groups excluding carboxylic acids is 1. The van der Waals surface area contributed by atoms with E-state index < -0.39 is 0 Å². The van der Waals surface area contributed by atoms with Crippen molar-refractivity contribution in [3.05, 3.63) is 27.1 Å². The molecule has 0 amide bonds. The molecule has 0 saturated carbocycles. The molecule has 0 radical (unpaired) electrons. The van der Waals surface area contributed by atoms with Gasteiger partial charge in [0.1, 0.15) is 0 Å². The molecule has 0 aliphatic carbocycles. The topological polar surface area (TPSA) is 38.3 Å². The molecule has 1 N–H and O–H groups in total. The summed E-state index contributed by atoms with van der Waals surface area (Å²) < 4.78 is 6.81. The third-order valence-corrected chi connectivity index (χ3v) is 3.76. The highest BCUT2D eigenvalue weighted by Gasteiger charge is 2.02. The molecule has 0 unspecified atom stereocenters. The average Bonchev–Trinajstić information content (AvgIpc) is 2.24. The minimum atomic E-state index is -0.175. The number of halogens is 2. The Bertz CT molecular complexity index is 369. The lowest BCUT2D eigenvalue weighted by Gasteiger charge is -2.07. The maximum Gasteiger partial charge on any atom is 0.307 e. The summed E-state index contributed by atoms with van der Waals surface area (Å²) in [6, 6.07) is 5.84. The first-order chi connectivity index (χ1) is 7.63. The Balaban J connectivity index is 2.37. The van der Waals surface area contributed by atoms with Crippen LogP contribution in [0.2, 0.25) is 0 Å². The van der Waals surface area contributed by atoms with Crippen molar-refractivity contribution in [2.24, 2.45) is 0 Å². The molecular weight excluding hydrogens is 338 g/mol. The fraction of sp³-hybridized carbons (Fsp3) is 0.364. The number of rotatable bonds is 5. The van der Waals surface area contributed by atoms with Crippen LogP contribution >= 0.6 is 31.9 Å². The minimum Gasteiger partial charge on any atom is -0.466 e. The van der Waals surface area contributed by atoms with Gasteiger partial charge in [-0.05, 0) is 57.0 Å². The smallest absolute Gasteiger partial charge is 0.307 e. The van der Waals surface area contributed by atoms with Crippen molar-refractivity contribution >= 4 is 43.5 Å². The van der Waals surface area contributed by atoms with Crippen molar-refractivity contribution in [1.29, 1.82) is 0 Å². The second kappa shape index (κ2) is 6.91. The highest BCUT2D eigenvalue weighted by atomic mass is 79.9. The molecule has 0 fully saturated rings. The molecule has 0 aromatic heterocycles. The number of nitrogens with one attached hydrogen (secondary N) is 1.